The Balaban J connectivity index is 2.13. The molecule has 1 saturated heterocycles. The van der Waals surface area contributed by atoms with Crippen molar-refractivity contribution in [1.82, 2.24) is 15.5 Å². The molecular weight excluding hydrogens is 244 g/mol. The van der Waals surface area contributed by atoms with Gasteiger partial charge in [-0.2, -0.15) is 4.98 Å². The van der Waals surface area contributed by atoms with E-state index in [0.717, 1.165) is 32.2 Å². The van der Waals surface area contributed by atoms with E-state index in [-0.39, 0.29) is 5.92 Å². The van der Waals surface area contributed by atoms with Crippen LogP contribution >= 0.6 is 0 Å². The van der Waals surface area contributed by atoms with Gasteiger partial charge in [-0.25, -0.2) is 0 Å². The van der Waals surface area contributed by atoms with E-state index in [9.17, 15) is 0 Å². The first-order valence-electron chi connectivity index (χ1n) is 6.97. The highest BCUT2D eigenvalue weighted by molar-refractivity contribution is 5.28. The molecule has 0 amide bonds. The molecule has 1 aliphatic heterocycles. The molecule has 0 spiro atoms. The van der Waals surface area contributed by atoms with Gasteiger partial charge in [0.1, 0.15) is 0 Å². The van der Waals surface area contributed by atoms with Crippen molar-refractivity contribution in [1.29, 1.82) is 0 Å². The number of nitrogens with zero attached hydrogens (tertiary/aromatic N) is 3. The molecule has 2 atom stereocenters. The van der Waals surface area contributed by atoms with E-state index in [2.05, 4.69) is 41.1 Å². The third-order valence-electron chi connectivity index (χ3n) is 3.72. The lowest BCUT2D eigenvalue weighted by molar-refractivity contribution is 0.121. The molecule has 0 saturated carbocycles. The van der Waals surface area contributed by atoms with Crippen LogP contribution < -0.4 is 10.2 Å². The van der Waals surface area contributed by atoms with E-state index in [1.54, 1.807) is 0 Å². The van der Waals surface area contributed by atoms with Crippen LogP contribution in [0.1, 0.15) is 32.6 Å². The molecule has 1 fully saturated rings. The number of hydrogen-bond donors (Lipinski definition) is 1. The molecule has 1 aromatic heterocycles. The lowest BCUT2D eigenvalue weighted by Gasteiger charge is -2.25. The van der Waals surface area contributed by atoms with E-state index >= 15 is 0 Å². The maximum absolute atomic E-state index is 5.48. The minimum atomic E-state index is 0.229. The Morgan fingerprint density at radius 1 is 1.21 bits per heavy atom. The molecule has 6 heteroatoms. The van der Waals surface area contributed by atoms with E-state index in [1.807, 2.05) is 7.05 Å². The lowest BCUT2D eigenvalue weighted by Crippen LogP contribution is -2.37. The number of morpholine rings is 1. The number of anilines is 1. The summed E-state index contributed by atoms with van der Waals surface area (Å²) in [7, 11) is 1.96. The fourth-order valence-electron chi connectivity index (χ4n) is 2.51. The topological polar surface area (TPSA) is 63.4 Å². The van der Waals surface area contributed by atoms with Gasteiger partial charge in [0.25, 0.3) is 5.95 Å². The number of likely N-dealkylation sites (N-methyl/N-ethyl adjacent to an activating group) is 1. The molecule has 19 heavy (non-hydrogen) atoms. The molecule has 1 aromatic rings. The standard InChI is InChI=1S/C13H24N4O2/c1-9(2)11(10(3)14-4)12-15-13(16-19-12)17-5-7-18-8-6-17/h9-11,14H,5-8H2,1-4H3. The van der Waals surface area contributed by atoms with Gasteiger partial charge in [-0.1, -0.05) is 13.8 Å². The van der Waals surface area contributed by atoms with E-state index < -0.39 is 0 Å². The van der Waals surface area contributed by atoms with Crippen LogP contribution in [0.5, 0.6) is 0 Å². The summed E-state index contributed by atoms with van der Waals surface area (Å²) in [5.41, 5.74) is 0. The van der Waals surface area contributed by atoms with Crippen molar-refractivity contribution in [3.05, 3.63) is 5.89 Å². The van der Waals surface area contributed by atoms with E-state index in [0.29, 0.717) is 17.9 Å². The van der Waals surface area contributed by atoms with Crippen molar-refractivity contribution in [3.63, 3.8) is 0 Å². The van der Waals surface area contributed by atoms with Gasteiger partial charge in [0.05, 0.1) is 19.1 Å². The predicted molar refractivity (Wildman–Crippen MR) is 73.4 cm³/mol. The van der Waals surface area contributed by atoms with Gasteiger partial charge in [-0.15, -0.1) is 0 Å². The van der Waals surface area contributed by atoms with E-state index in [4.69, 9.17) is 9.26 Å². The van der Waals surface area contributed by atoms with Crippen molar-refractivity contribution in [2.24, 2.45) is 5.92 Å². The summed E-state index contributed by atoms with van der Waals surface area (Å²) in [5.74, 6) is 2.08. The molecule has 0 radical (unpaired) electrons. The van der Waals surface area contributed by atoms with Gasteiger partial charge in [-0.3, -0.25) is 0 Å². The van der Waals surface area contributed by atoms with Crippen LogP contribution in [0, 0.1) is 5.92 Å². The second kappa shape index (κ2) is 6.34. The maximum atomic E-state index is 5.48. The first-order chi connectivity index (χ1) is 9.13. The predicted octanol–water partition coefficient (Wildman–Crippen LogP) is 1.25. The zero-order valence-corrected chi connectivity index (χ0v) is 12.2. The molecule has 0 aliphatic carbocycles. The zero-order valence-electron chi connectivity index (χ0n) is 12.2. The third kappa shape index (κ3) is 3.25. The molecular formula is C13H24N4O2. The second-order valence-electron chi connectivity index (χ2n) is 5.38. The highest BCUT2D eigenvalue weighted by atomic mass is 16.5. The monoisotopic (exact) mass is 268 g/mol. The first kappa shape index (κ1) is 14.3. The van der Waals surface area contributed by atoms with Crippen molar-refractivity contribution >= 4 is 5.95 Å². The molecule has 2 rings (SSSR count). The Morgan fingerprint density at radius 2 is 1.89 bits per heavy atom. The minimum Gasteiger partial charge on any atom is -0.378 e. The fraction of sp³-hybridized carbons (Fsp3) is 0.846. The molecule has 1 aliphatic rings. The van der Waals surface area contributed by atoms with Gasteiger partial charge in [0, 0.05) is 19.1 Å². The first-order valence-corrected chi connectivity index (χ1v) is 6.97. The molecule has 6 nitrogen and oxygen atoms in total. The summed E-state index contributed by atoms with van der Waals surface area (Å²) in [4.78, 5) is 6.69. The van der Waals surface area contributed by atoms with Crippen molar-refractivity contribution in [3.8, 4) is 0 Å². The number of rotatable bonds is 5. The molecule has 108 valence electrons. The molecule has 2 heterocycles. The van der Waals surface area contributed by atoms with Gasteiger partial charge < -0.3 is 19.5 Å². The van der Waals surface area contributed by atoms with Crippen LogP contribution in [0.25, 0.3) is 0 Å². The summed E-state index contributed by atoms with van der Waals surface area (Å²) >= 11 is 0. The molecule has 2 unspecified atom stereocenters. The number of nitrogens with one attached hydrogen (secondary N) is 1. The molecule has 1 N–H and O–H groups in total. The number of aromatic nitrogens is 2. The van der Waals surface area contributed by atoms with Gasteiger partial charge in [-0.05, 0) is 25.0 Å². The zero-order chi connectivity index (χ0) is 13.8. The summed E-state index contributed by atoms with van der Waals surface area (Å²) in [6, 6.07) is 0.304. The average Bonchev–Trinajstić information content (AvgIpc) is 2.88. The van der Waals surface area contributed by atoms with Crippen molar-refractivity contribution < 1.29 is 9.26 Å². The van der Waals surface area contributed by atoms with Crippen molar-refractivity contribution in [2.75, 3.05) is 38.3 Å². The Morgan fingerprint density at radius 3 is 2.47 bits per heavy atom. The normalized spacial score (nSPS) is 19.7. The van der Waals surface area contributed by atoms with Gasteiger partial charge in [0.15, 0.2) is 0 Å². The smallest absolute Gasteiger partial charge is 0.266 e. The van der Waals surface area contributed by atoms with Crippen LogP contribution in [0.4, 0.5) is 5.95 Å². The quantitative estimate of drug-likeness (QED) is 0.867. The number of ether oxygens (including phenoxy) is 1. The highest BCUT2D eigenvalue weighted by Crippen LogP contribution is 2.28. The van der Waals surface area contributed by atoms with Crippen LogP contribution in [-0.4, -0.2) is 49.5 Å². The summed E-state index contributed by atoms with van der Waals surface area (Å²) < 4.78 is 10.8. The molecule has 0 bridgehead atoms. The van der Waals surface area contributed by atoms with E-state index in [1.165, 1.54) is 0 Å². The Bertz CT molecular complexity index is 388. The Hall–Kier alpha value is -1.14. The van der Waals surface area contributed by atoms with Crippen molar-refractivity contribution in [2.45, 2.75) is 32.7 Å². The molecule has 0 aromatic carbocycles. The third-order valence-corrected chi connectivity index (χ3v) is 3.72. The lowest BCUT2D eigenvalue weighted by atomic mass is 9.89. The minimum absolute atomic E-state index is 0.229. The van der Waals surface area contributed by atoms with Crippen LogP contribution in [0.2, 0.25) is 0 Å². The summed E-state index contributed by atoms with van der Waals surface area (Å²) in [5, 5.41) is 7.39. The Kier molecular flexibility index (Phi) is 4.76. The largest absolute Gasteiger partial charge is 0.378 e. The fourth-order valence-corrected chi connectivity index (χ4v) is 2.51. The Labute approximate surface area is 114 Å². The highest BCUT2D eigenvalue weighted by Gasteiger charge is 2.28. The van der Waals surface area contributed by atoms with Crippen LogP contribution in [0.3, 0.4) is 0 Å². The average molecular weight is 268 g/mol. The van der Waals surface area contributed by atoms with Crippen LogP contribution in [0.15, 0.2) is 4.52 Å². The van der Waals surface area contributed by atoms with Crippen LogP contribution in [-0.2, 0) is 4.74 Å². The summed E-state index contributed by atoms with van der Waals surface area (Å²) in [6.45, 7) is 9.60. The summed E-state index contributed by atoms with van der Waals surface area (Å²) in [6.07, 6.45) is 0. The number of hydrogen-bond acceptors (Lipinski definition) is 6. The maximum Gasteiger partial charge on any atom is 0.266 e. The van der Waals surface area contributed by atoms with Gasteiger partial charge >= 0.3 is 0 Å². The SMILES string of the molecule is CNC(C)C(c1nc(N2CCOCC2)no1)C(C)C. The second-order valence-corrected chi connectivity index (χ2v) is 5.38. The van der Waals surface area contributed by atoms with Gasteiger partial charge in [0.2, 0.25) is 5.89 Å².